The molecule has 0 saturated heterocycles. The van der Waals surface area contributed by atoms with Crippen molar-refractivity contribution in [2.75, 3.05) is 18.0 Å². The van der Waals surface area contributed by atoms with E-state index in [2.05, 4.69) is 86.3 Å². The van der Waals surface area contributed by atoms with E-state index in [0.29, 0.717) is 0 Å². The van der Waals surface area contributed by atoms with Crippen molar-refractivity contribution < 1.29 is 4.74 Å². The number of rotatable bonds is 4. The van der Waals surface area contributed by atoms with Crippen molar-refractivity contribution in [3.05, 3.63) is 89.0 Å². The highest BCUT2D eigenvalue weighted by molar-refractivity contribution is 5.63. The fourth-order valence-corrected chi connectivity index (χ4v) is 3.98. The van der Waals surface area contributed by atoms with Gasteiger partial charge in [0.2, 0.25) is 0 Å². The van der Waals surface area contributed by atoms with Crippen molar-refractivity contribution in [3.63, 3.8) is 0 Å². The van der Waals surface area contributed by atoms with Crippen LogP contribution < -0.4 is 9.64 Å². The van der Waals surface area contributed by atoms with Crippen LogP contribution in [-0.4, -0.2) is 13.1 Å². The first-order valence-corrected chi connectivity index (χ1v) is 9.44. The van der Waals surface area contributed by atoms with Crippen LogP contribution in [0.2, 0.25) is 0 Å². The molecule has 2 heteroatoms. The molecule has 0 fully saturated rings. The normalized spacial score (nSPS) is 15.0. The van der Waals surface area contributed by atoms with E-state index in [1.54, 1.807) is 0 Å². The molecule has 132 valence electrons. The Morgan fingerprint density at radius 2 is 1.42 bits per heavy atom. The van der Waals surface area contributed by atoms with Gasteiger partial charge in [0.15, 0.2) is 0 Å². The highest BCUT2D eigenvalue weighted by Crippen LogP contribution is 2.48. The first-order valence-electron chi connectivity index (χ1n) is 9.44. The third kappa shape index (κ3) is 2.76. The third-order valence-corrected chi connectivity index (χ3v) is 5.39. The molecule has 1 heterocycles. The third-order valence-electron chi connectivity index (χ3n) is 5.39. The lowest BCUT2D eigenvalue weighted by Crippen LogP contribution is -2.22. The standard InChI is InChI=1S/C24H25NO/c1-4-25(5-2)18-14-15-21-23(16-18)26-22-13-9-8-12-20(22)24(21)19-11-7-6-10-17(19)3/h6-16,24H,4-5H2,1-3H3. The molecule has 1 atom stereocenters. The van der Waals surface area contributed by atoms with Crippen LogP contribution in [0.4, 0.5) is 5.69 Å². The number of aryl methyl sites for hydroxylation is 1. The number of hydrogen-bond acceptors (Lipinski definition) is 2. The molecule has 0 N–H and O–H groups in total. The number of nitrogens with zero attached hydrogens (tertiary/aromatic N) is 1. The van der Waals surface area contributed by atoms with Crippen LogP contribution in [-0.2, 0) is 0 Å². The fraction of sp³-hybridized carbons (Fsp3) is 0.250. The van der Waals surface area contributed by atoms with Crippen LogP contribution >= 0.6 is 0 Å². The molecule has 0 aliphatic carbocycles. The van der Waals surface area contributed by atoms with E-state index >= 15 is 0 Å². The second-order valence-electron chi connectivity index (χ2n) is 6.82. The minimum Gasteiger partial charge on any atom is -0.457 e. The maximum absolute atomic E-state index is 6.32. The second kappa shape index (κ2) is 6.87. The summed E-state index contributed by atoms with van der Waals surface area (Å²) in [5.41, 5.74) is 6.36. The maximum atomic E-state index is 6.32. The molecule has 1 aliphatic rings. The highest BCUT2D eigenvalue weighted by Gasteiger charge is 2.29. The zero-order chi connectivity index (χ0) is 18.1. The Morgan fingerprint density at radius 1 is 0.769 bits per heavy atom. The maximum Gasteiger partial charge on any atom is 0.133 e. The Hall–Kier alpha value is -2.74. The molecule has 0 bridgehead atoms. The topological polar surface area (TPSA) is 12.5 Å². The summed E-state index contributed by atoms with van der Waals surface area (Å²) < 4.78 is 6.32. The Labute approximate surface area is 156 Å². The molecule has 26 heavy (non-hydrogen) atoms. The van der Waals surface area contributed by atoms with Crippen LogP contribution in [0, 0.1) is 6.92 Å². The van der Waals surface area contributed by atoms with Crippen LogP contribution in [0.5, 0.6) is 11.5 Å². The molecule has 0 amide bonds. The number of fused-ring (bicyclic) bond motifs is 2. The molecule has 4 rings (SSSR count). The van der Waals surface area contributed by atoms with Gasteiger partial charge in [-0.3, -0.25) is 0 Å². The van der Waals surface area contributed by atoms with E-state index in [1.807, 2.05) is 6.07 Å². The van der Waals surface area contributed by atoms with Crippen molar-refractivity contribution in [2.24, 2.45) is 0 Å². The van der Waals surface area contributed by atoms with Crippen molar-refractivity contribution >= 4 is 5.69 Å². The van der Waals surface area contributed by atoms with Crippen molar-refractivity contribution in [1.82, 2.24) is 0 Å². The van der Waals surface area contributed by atoms with Crippen LogP contribution in [0.1, 0.15) is 42.0 Å². The van der Waals surface area contributed by atoms with Gasteiger partial charge in [-0.05, 0) is 44.0 Å². The summed E-state index contributed by atoms with van der Waals surface area (Å²) in [6.07, 6.45) is 0. The van der Waals surface area contributed by atoms with E-state index in [0.717, 1.165) is 24.6 Å². The van der Waals surface area contributed by atoms with Gasteiger partial charge in [-0.2, -0.15) is 0 Å². The van der Waals surface area contributed by atoms with Crippen LogP contribution in [0.25, 0.3) is 0 Å². The smallest absolute Gasteiger partial charge is 0.133 e. The van der Waals surface area contributed by atoms with E-state index in [9.17, 15) is 0 Å². The van der Waals surface area contributed by atoms with Gasteiger partial charge in [0.25, 0.3) is 0 Å². The van der Waals surface area contributed by atoms with Gasteiger partial charge in [-0.25, -0.2) is 0 Å². The summed E-state index contributed by atoms with van der Waals surface area (Å²) in [6, 6.07) is 23.8. The SMILES string of the molecule is CCN(CC)c1ccc2c(c1)Oc1ccccc1C2c1ccccc1C. The number of para-hydroxylation sites is 1. The number of hydrogen-bond donors (Lipinski definition) is 0. The zero-order valence-corrected chi connectivity index (χ0v) is 15.7. The summed E-state index contributed by atoms with van der Waals surface area (Å²) in [5, 5.41) is 0. The lowest BCUT2D eigenvalue weighted by Gasteiger charge is -2.31. The summed E-state index contributed by atoms with van der Waals surface area (Å²) in [5.74, 6) is 2.15. The zero-order valence-electron chi connectivity index (χ0n) is 15.7. The quantitative estimate of drug-likeness (QED) is 0.442. The van der Waals surface area contributed by atoms with Crippen molar-refractivity contribution in [1.29, 1.82) is 0 Å². The van der Waals surface area contributed by atoms with E-state index in [1.165, 1.54) is 27.9 Å². The molecule has 3 aromatic rings. The molecule has 2 nitrogen and oxygen atoms in total. The van der Waals surface area contributed by atoms with Gasteiger partial charge >= 0.3 is 0 Å². The average Bonchev–Trinajstić information content (AvgIpc) is 2.68. The first kappa shape index (κ1) is 16.7. The number of anilines is 1. The molecular formula is C24H25NO. The average molecular weight is 343 g/mol. The van der Waals surface area contributed by atoms with Gasteiger partial charge in [-0.1, -0.05) is 48.5 Å². The summed E-state index contributed by atoms with van der Waals surface area (Å²) >= 11 is 0. The summed E-state index contributed by atoms with van der Waals surface area (Å²) in [7, 11) is 0. The largest absolute Gasteiger partial charge is 0.457 e. The predicted octanol–water partition coefficient (Wildman–Crippen LogP) is 6.13. The van der Waals surface area contributed by atoms with E-state index in [4.69, 9.17) is 4.74 Å². The highest BCUT2D eigenvalue weighted by atomic mass is 16.5. The second-order valence-corrected chi connectivity index (χ2v) is 6.82. The predicted molar refractivity (Wildman–Crippen MR) is 109 cm³/mol. The fourth-order valence-electron chi connectivity index (χ4n) is 3.98. The van der Waals surface area contributed by atoms with Crippen molar-refractivity contribution in [2.45, 2.75) is 26.7 Å². The molecule has 0 spiro atoms. The minimum absolute atomic E-state index is 0.210. The van der Waals surface area contributed by atoms with Crippen molar-refractivity contribution in [3.8, 4) is 11.5 Å². The summed E-state index contributed by atoms with van der Waals surface area (Å²) in [6.45, 7) is 8.56. The van der Waals surface area contributed by atoms with Gasteiger partial charge < -0.3 is 9.64 Å². The molecule has 0 radical (unpaired) electrons. The Morgan fingerprint density at radius 3 is 2.15 bits per heavy atom. The lowest BCUT2D eigenvalue weighted by atomic mass is 9.81. The first-order chi connectivity index (χ1) is 12.7. The van der Waals surface area contributed by atoms with Gasteiger partial charge in [0.05, 0.1) is 0 Å². The van der Waals surface area contributed by atoms with E-state index < -0.39 is 0 Å². The van der Waals surface area contributed by atoms with Gasteiger partial charge in [0.1, 0.15) is 11.5 Å². The summed E-state index contributed by atoms with van der Waals surface area (Å²) in [4.78, 5) is 2.35. The minimum atomic E-state index is 0.210. The molecule has 1 aliphatic heterocycles. The molecule has 0 saturated carbocycles. The van der Waals surface area contributed by atoms with E-state index in [-0.39, 0.29) is 5.92 Å². The lowest BCUT2D eigenvalue weighted by molar-refractivity contribution is 0.452. The van der Waals surface area contributed by atoms with Gasteiger partial charge in [-0.15, -0.1) is 0 Å². The number of benzene rings is 3. The monoisotopic (exact) mass is 343 g/mol. The van der Waals surface area contributed by atoms with Crippen LogP contribution in [0.15, 0.2) is 66.7 Å². The Bertz CT molecular complexity index is 916. The molecular weight excluding hydrogens is 318 g/mol. The van der Waals surface area contributed by atoms with Gasteiger partial charge in [0, 0.05) is 41.9 Å². The molecule has 3 aromatic carbocycles. The number of ether oxygens (including phenoxy) is 1. The molecule has 1 unspecified atom stereocenters. The Kier molecular flexibility index (Phi) is 4.42. The molecule has 0 aromatic heterocycles. The Balaban J connectivity index is 1.89. The van der Waals surface area contributed by atoms with Crippen LogP contribution in [0.3, 0.4) is 0 Å².